The van der Waals surface area contributed by atoms with Gasteiger partial charge in [0.15, 0.2) is 0 Å². The van der Waals surface area contributed by atoms with Gasteiger partial charge in [-0.15, -0.1) is 11.3 Å². The Morgan fingerprint density at radius 2 is 2.12 bits per heavy atom. The molecular weight excluding hydrogens is 328 g/mol. The van der Waals surface area contributed by atoms with Crippen molar-refractivity contribution in [3.8, 4) is 0 Å². The topological polar surface area (TPSA) is 42.0 Å². The zero-order valence-electron chi connectivity index (χ0n) is 14.2. The first-order chi connectivity index (χ1) is 12.3. The number of hydrogen-bond donors (Lipinski definition) is 1. The van der Waals surface area contributed by atoms with Crippen molar-refractivity contribution in [2.24, 2.45) is 0 Å². The molecule has 2 aromatic heterocycles. The normalized spacial score (nSPS) is 14.8. The zero-order chi connectivity index (χ0) is 17.2. The highest BCUT2D eigenvalue weighted by Crippen LogP contribution is 2.37. The van der Waals surface area contributed by atoms with Gasteiger partial charge in [0.25, 0.3) is 5.91 Å². The fourth-order valence-electron chi connectivity index (χ4n) is 3.41. The molecule has 0 spiro atoms. The highest BCUT2D eigenvalue weighted by molar-refractivity contribution is 7.10. The molecule has 1 aliphatic carbocycles. The van der Waals surface area contributed by atoms with Gasteiger partial charge in [0.05, 0.1) is 16.8 Å². The fourth-order valence-corrected chi connectivity index (χ4v) is 4.09. The van der Waals surface area contributed by atoms with Crippen molar-refractivity contribution >= 4 is 39.8 Å². The van der Waals surface area contributed by atoms with Crippen LogP contribution >= 0.6 is 11.3 Å². The van der Waals surface area contributed by atoms with E-state index in [-0.39, 0.29) is 5.91 Å². The number of fused-ring (bicyclic) bond motifs is 2. The summed E-state index contributed by atoms with van der Waals surface area (Å²) in [6, 6.07) is 12.1. The zero-order valence-corrected chi connectivity index (χ0v) is 15.0. The van der Waals surface area contributed by atoms with E-state index < -0.39 is 0 Å². The van der Waals surface area contributed by atoms with E-state index in [0.717, 1.165) is 47.0 Å². The van der Waals surface area contributed by atoms with Gasteiger partial charge in [-0.2, -0.15) is 0 Å². The molecule has 0 unspecified atom stereocenters. The molecule has 4 rings (SSSR count). The van der Waals surface area contributed by atoms with Crippen LogP contribution in [-0.4, -0.2) is 17.4 Å². The average Bonchev–Trinajstić information content (AvgIpc) is 3.28. The summed E-state index contributed by atoms with van der Waals surface area (Å²) in [5.74, 6) is 0.0223. The first kappa shape index (κ1) is 16.0. The maximum Gasteiger partial charge on any atom is 0.252 e. The predicted molar refractivity (Wildman–Crippen MR) is 105 cm³/mol. The summed E-state index contributed by atoms with van der Waals surface area (Å²) in [6.07, 6.45) is 4.95. The van der Waals surface area contributed by atoms with E-state index in [1.165, 1.54) is 10.5 Å². The molecule has 0 aliphatic heterocycles. The number of hydrogen-bond acceptors (Lipinski definition) is 3. The summed E-state index contributed by atoms with van der Waals surface area (Å²) in [4.78, 5) is 19.0. The summed E-state index contributed by atoms with van der Waals surface area (Å²) in [5, 5.41) is 6.08. The van der Waals surface area contributed by atoms with Crippen LogP contribution in [0.25, 0.3) is 22.6 Å². The lowest BCUT2D eigenvalue weighted by Crippen LogP contribution is -2.25. The molecule has 0 fully saturated rings. The largest absolute Gasteiger partial charge is 0.352 e. The third-order valence-electron chi connectivity index (χ3n) is 4.56. The Balaban J connectivity index is 1.88. The number of allylic oxidation sites excluding steroid dienone is 1. The van der Waals surface area contributed by atoms with Crippen molar-refractivity contribution in [1.29, 1.82) is 0 Å². The molecule has 0 saturated carbocycles. The van der Waals surface area contributed by atoms with Crippen LogP contribution < -0.4 is 5.32 Å². The summed E-state index contributed by atoms with van der Waals surface area (Å²) < 4.78 is 0. The van der Waals surface area contributed by atoms with Gasteiger partial charge in [-0.25, -0.2) is 4.98 Å². The molecule has 0 saturated heterocycles. The van der Waals surface area contributed by atoms with Crippen molar-refractivity contribution in [3.05, 3.63) is 63.5 Å². The first-order valence-corrected chi connectivity index (χ1v) is 9.60. The van der Waals surface area contributed by atoms with Gasteiger partial charge in [0.1, 0.15) is 0 Å². The number of carbonyl (C=O) groups is 1. The number of aromatic nitrogens is 1. The Morgan fingerprint density at radius 3 is 2.92 bits per heavy atom. The SMILES string of the molecule is CCCNC(=O)c1c2c(nc3ccccc13)C(=Cc1cccs1)CC2. The minimum absolute atomic E-state index is 0.0223. The quantitative estimate of drug-likeness (QED) is 0.727. The molecule has 4 heteroatoms. The number of thiophene rings is 1. The number of pyridine rings is 1. The molecule has 126 valence electrons. The number of nitrogens with one attached hydrogen (secondary N) is 1. The molecule has 1 aliphatic rings. The van der Waals surface area contributed by atoms with Gasteiger partial charge in [0.2, 0.25) is 0 Å². The van der Waals surface area contributed by atoms with Crippen LogP contribution in [0.4, 0.5) is 0 Å². The second-order valence-corrected chi connectivity index (χ2v) is 7.25. The van der Waals surface area contributed by atoms with Gasteiger partial charge >= 0.3 is 0 Å². The summed E-state index contributed by atoms with van der Waals surface area (Å²) in [7, 11) is 0. The molecule has 1 N–H and O–H groups in total. The van der Waals surface area contributed by atoms with Gasteiger partial charge in [-0.3, -0.25) is 4.79 Å². The van der Waals surface area contributed by atoms with E-state index in [0.29, 0.717) is 6.54 Å². The Hall–Kier alpha value is -2.46. The standard InChI is InChI=1S/C21H20N2OS/c1-2-11-22-21(24)19-16-7-3-4-8-18(16)23-20-14(9-10-17(19)20)13-15-6-5-12-25-15/h3-8,12-13H,2,9-11H2,1H3,(H,22,24). The van der Waals surface area contributed by atoms with Crippen LogP contribution in [0.2, 0.25) is 0 Å². The van der Waals surface area contributed by atoms with E-state index in [2.05, 4.69) is 35.8 Å². The smallest absolute Gasteiger partial charge is 0.252 e. The Morgan fingerprint density at radius 1 is 1.24 bits per heavy atom. The summed E-state index contributed by atoms with van der Waals surface area (Å²) in [6.45, 7) is 2.76. The van der Waals surface area contributed by atoms with Gasteiger partial charge in [0, 0.05) is 16.8 Å². The van der Waals surface area contributed by atoms with Crippen LogP contribution in [0, 0.1) is 0 Å². The number of para-hydroxylation sites is 1. The number of benzene rings is 1. The molecular formula is C21H20N2OS. The van der Waals surface area contributed by atoms with Crippen LogP contribution in [0.5, 0.6) is 0 Å². The molecule has 1 aromatic carbocycles. The second-order valence-electron chi connectivity index (χ2n) is 6.27. The van der Waals surface area contributed by atoms with E-state index in [4.69, 9.17) is 4.98 Å². The van der Waals surface area contributed by atoms with Crippen molar-refractivity contribution in [2.45, 2.75) is 26.2 Å². The third-order valence-corrected chi connectivity index (χ3v) is 5.38. The van der Waals surface area contributed by atoms with Crippen molar-refractivity contribution < 1.29 is 4.79 Å². The number of amides is 1. The molecule has 0 radical (unpaired) electrons. The molecule has 3 aromatic rings. The summed E-state index contributed by atoms with van der Waals surface area (Å²) in [5.41, 5.74) is 5.02. The van der Waals surface area contributed by atoms with Crippen LogP contribution in [0.1, 0.15) is 46.3 Å². The number of carbonyl (C=O) groups excluding carboxylic acids is 1. The Bertz CT molecular complexity index is 957. The highest BCUT2D eigenvalue weighted by atomic mass is 32.1. The van der Waals surface area contributed by atoms with Gasteiger partial charge < -0.3 is 5.32 Å². The minimum atomic E-state index is 0.0223. The van der Waals surface area contributed by atoms with Gasteiger partial charge in [-0.05, 0) is 54.0 Å². The molecule has 25 heavy (non-hydrogen) atoms. The van der Waals surface area contributed by atoms with Crippen LogP contribution in [0.3, 0.4) is 0 Å². The predicted octanol–water partition coefficient (Wildman–Crippen LogP) is 4.92. The summed E-state index contributed by atoms with van der Waals surface area (Å²) >= 11 is 1.73. The lowest BCUT2D eigenvalue weighted by molar-refractivity contribution is 0.0954. The Kier molecular flexibility index (Phi) is 4.36. The van der Waals surface area contributed by atoms with E-state index >= 15 is 0 Å². The van der Waals surface area contributed by atoms with Crippen molar-refractivity contribution in [3.63, 3.8) is 0 Å². The minimum Gasteiger partial charge on any atom is -0.352 e. The molecule has 2 heterocycles. The first-order valence-electron chi connectivity index (χ1n) is 8.72. The number of rotatable bonds is 4. The maximum absolute atomic E-state index is 12.8. The molecule has 3 nitrogen and oxygen atoms in total. The lowest BCUT2D eigenvalue weighted by atomic mass is 10.00. The maximum atomic E-state index is 12.8. The molecule has 0 bridgehead atoms. The Labute approximate surface area is 151 Å². The molecule has 0 atom stereocenters. The van der Waals surface area contributed by atoms with E-state index in [1.807, 2.05) is 24.3 Å². The monoisotopic (exact) mass is 348 g/mol. The molecule has 1 amide bonds. The second kappa shape index (κ2) is 6.81. The van der Waals surface area contributed by atoms with Gasteiger partial charge in [-0.1, -0.05) is 31.2 Å². The van der Waals surface area contributed by atoms with E-state index in [9.17, 15) is 4.79 Å². The average molecular weight is 348 g/mol. The van der Waals surface area contributed by atoms with Crippen molar-refractivity contribution in [2.75, 3.05) is 6.54 Å². The van der Waals surface area contributed by atoms with Crippen LogP contribution in [0.15, 0.2) is 41.8 Å². The van der Waals surface area contributed by atoms with E-state index in [1.54, 1.807) is 11.3 Å². The number of nitrogens with zero attached hydrogens (tertiary/aromatic N) is 1. The third kappa shape index (κ3) is 2.98. The highest BCUT2D eigenvalue weighted by Gasteiger charge is 2.26. The fraction of sp³-hybridized carbons (Fsp3) is 0.238. The van der Waals surface area contributed by atoms with Crippen molar-refractivity contribution in [1.82, 2.24) is 10.3 Å². The lowest BCUT2D eigenvalue weighted by Gasteiger charge is -2.12. The van der Waals surface area contributed by atoms with Crippen LogP contribution in [-0.2, 0) is 6.42 Å².